The topological polar surface area (TPSA) is 47.9 Å². The lowest BCUT2D eigenvalue weighted by Gasteiger charge is -2.09. The van der Waals surface area contributed by atoms with Gasteiger partial charge in [-0.1, -0.05) is 40.7 Å². The number of halogens is 1. The van der Waals surface area contributed by atoms with Crippen LogP contribution < -0.4 is 9.47 Å². The van der Waals surface area contributed by atoms with Crippen LogP contribution in [0.1, 0.15) is 11.1 Å². The number of carbonyl (C=O) groups is 1. The smallest absolute Gasteiger partial charge is 0.164 e. The van der Waals surface area contributed by atoms with Crippen LogP contribution in [0.5, 0.6) is 11.5 Å². The van der Waals surface area contributed by atoms with E-state index in [1.54, 1.807) is 31.2 Å². The number of Topliss-reactive ketones (excluding diaryl/α,β-unsaturated/α-hetero) is 1. The van der Waals surface area contributed by atoms with Crippen molar-refractivity contribution in [2.75, 3.05) is 26.0 Å². The molecule has 27 heavy (non-hydrogen) atoms. The predicted molar refractivity (Wildman–Crippen MR) is 116 cm³/mol. The van der Waals surface area contributed by atoms with Gasteiger partial charge < -0.3 is 9.47 Å². The second-order valence-electron chi connectivity index (χ2n) is 5.64. The molecular weight excluding hydrogens is 426 g/mol. The van der Waals surface area contributed by atoms with E-state index in [4.69, 9.17) is 9.47 Å². The van der Waals surface area contributed by atoms with Crippen LogP contribution in [0.25, 0.3) is 0 Å². The summed E-state index contributed by atoms with van der Waals surface area (Å²) in [6, 6.07) is 13.6. The van der Waals surface area contributed by atoms with Crippen molar-refractivity contribution in [2.24, 2.45) is 4.99 Å². The first-order chi connectivity index (χ1) is 13.1. The van der Waals surface area contributed by atoms with Gasteiger partial charge in [0.25, 0.3) is 0 Å². The van der Waals surface area contributed by atoms with Gasteiger partial charge in [0.2, 0.25) is 0 Å². The minimum Gasteiger partial charge on any atom is -0.493 e. The number of ketones is 1. The van der Waals surface area contributed by atoms with Crippen molar-refractivity contribution >= 4 is 39.7 Å². The molecule has 0 spiro atoms. The summed E-state index contributed by atoms with van der Waals surface area (Å²) in [4.78, 5) is 16.2. The summed E-state index contributed by atoms with van der Waals surface area (Å²) in [5, 5.41) is 0. The van der Waals surface area contributed by atoms with Gasteiger partial charge in [-0.3, -0.25) is 9.79 Å². The van der Waals surface area contributed by atoms with Gasteiger partial charge in [0.1, 0.15) is 6.61 Å². The number of thioether (sulfide) groups is 1. The number of hydrogen-bond acceptors (Lipinski definition) is 5. The predicted octanol–water partition coefficient (Wildman–Crippen LogP) is 4.94. The molecule has 0 fully saturated rings. The Kier molecular flexibility index (Phi) is 9.15. The van der Waals surface area contributed by atoms with Gasteiger partial charge in [0.15, 0.2) is 17.3 Å². The zero-order valence-electron chi connectivity index (χ0n) is 15.2. The average molecular weight is 448 g/mol. The largest absolute Gasteiger partial charge is 0.493 e. The number of benzene rings is 2. The SMILES string of the molecule is C=CCOc1ccc(C=NCC(=O)CSCc2cccc(Br)c2)cc1OC. The molecule has 0 unspecified atom stereocenters. The molecule has 0 aliphatic heterocycles. The van der Waals surface area contributed by atoms with Gasteiger partial charge in [0, 0.05) is 16.4 Å². The highest BCUT2D eigenvalue weighted by atomic mass is 79.9. The first-order valence-corrected chi connectivity index (χ1v) is 10.3. The molecule has 0 heterocycles. The normalized spacial score (nSPS) is 10.7. The molecule has 0 radical (unpaired) electrons. The third kappa shape index (κ3) is 7.61. The summed E-state index contributed by atoms with van der Waals surface area (Å²) in [6.07, 6.45) is 3.35. The number of methoxy groups -OCH3 is 1. The van der Waals surface area contributed by atoms with Gasteiger partial charge in [0.05, 0.1) is 19.4 Å². The molecule has 0 aliphatic rings. The van der Waals surface area contributed by atoms with Gasteiger partial charge in [-0.15, -0.1) is 11.8 Å². The number of rotatable bonds is 11. The van der Waals surface area contributed by atoms with Crippen LogP contribution >= 0.6 is 27.7 Å². The molecule has 0 bridgehead atoms. The second kappa shape index (κ2) is 11.6. The van der Waals surface area contributed by atoms with Crippen LogP contribution in [0.15, 0.2) is 64.6 Å². The van der Waals surface area contributed by atoms with E-state index in [0.29, 0.717) is 23.9 Å². The van der Waals surface area contributed by atoms with E-state index in [2.05, 4.69) is 39.6 Å². The van der Waals surface area contributed by atoms with Crippen LogP contribution in [0.3, 0.4) is 0 Å². The maximum Gasteiger partial charge on any atom is 0.164 e. The molecule has 0 saturated carbocycles. The van der Waals surface area contributed by atoms with Crippen molar-refractivity contribution in [3.05, 3.63) is 70.7 Å². The molecule has 2 rings (SSSR count). The third-order valence-electron chi connectivity index (χ3n) is 3.47. The number of aliphatic imine (C=N–C) groups is 1. The maximum atomic E-state index is 12.0. The van der Waals surface area contributed by atoms with Crippen LogP contribution in [0, 0.1) is 0 Å². The highest BCUT2D eigenvalue weighted by molar-refractivity contribution is 9.10. The fourth-order valence-electron chi connectivity index (χ4n) is 2.24. The fourth-order valence-corrected chi connectivity index (χ4v) is 3.52. The van der Waals surface area contributed by atoms with Crippen LogP contribution in [0.2, 0.25) is 0 Å². The summed E-state index contributed by atoms with van der Waals surface area (Å²) in [6.45, 7) is 4.21. The third-order valence-corrected chi connectivity index (χ3v) is 5.03. The van der Waals surface area contributed by atoms with Crippen molar-refractivity contribution in [3.8, 4) is 11.5 Å². The van der Waals surface area contributed by atoms with Gasteiger partial charge in [-0.25, -0.2) is 0 Å². The van der Waals surface area contributed by atoms with Crippen molar-refractivity contribution in [2.45, 2.75) is 5.75 Å². The lowest BCUT2D eigenvalue weighted by atomic mass is 10.2. The van der Waals surface area contributed by atoms with E-state index >= 15 is 0 Å². The molecule has 0 saturated heterocycles. The Morgan fingerprint density at radius 1 is 1.26 bits per heavy atom. The van der Waals surface area contributed by atoms with E-state index in [-0.39, 0.29) is 12.3 Å². The van der Waals surface area contributed by atoms with Crippen LogP contribution in [-0.4, -0.2) is 38.0 Å². The lowest BCUT2D eigenvalue weighted by Crippen LogP contribution is -2.06. The van der Waals surface area contributed by atoms with E-state index in [0.717, 1.165) is 15.8 Å². The Labute approximate surface area is 172 Å². The highest BCUT2D eigenvalue weighted by Crippen LogP contribution is 2.27. The molecule has 4 nitrogen and oxygen atoms in total. The Bertz CT molecular complexity index is 808. The Hall–Kier alpha value is -2.05. The van der Waals surface area contributed by atoms with E-state index < -0.39 is 0 Å². The van der Waals surface area contributed by atoms with Gasteiger partial charge >= 0.3 is 0 Å². The summed E-state index contributed by atoms with van der Waals surface area (Å²) >= 11 is 5.05. The van der Waals surface area contributed by atoms with Crippen LogP contribution in [0.4, 0.5) is 0 Å². The quantitative estimate of drug-likeness (QED) is 0.361. The molecule has 0 atom stereocenters. The Balaban J connectivity index is 1.80. The number of ether oxygens (including phenoxy) is 2. The molecule has 0 aliphatic carbocycles. The summed E-state index contributed by atoms with van der Waals surface area (Å²) in [7, 11) is 1.59. The van der Waals surface area contributed by atoms with Crippen molar-refractivity contribution < 1.29 is 14.3 Å². The van der Waals surface area contributed by atoms with E-state index in [9.17, 15) is 4.79 Å². The molecule has 0 amide bonds. The number of hydrogen-bond donors (Lipinski definition) is 0. The first-order valence-electron chi connectivity index (χ1n) is 8.38. The zero-order chi connectivity index (χ0) is 19.5. The monoisotopic (exact) mass is 447 g/mol. The van der Waals surface area contributed by atoms with E-state index in [1.807, 2.05) is 30.3 Å². The first kappa shape index (κ1) is 21.3. The van der Waals surface area contributed by atoms with Crippen LogP contribution in [-0.2, 0) is 10.5 Å². The zero-order valence-corrected chi connectivity index (χ0v) is 17.6. The van der Waals surface area contributed by atoms with Crippen molar-refractivity contribution in [3.63, 3.8) is 0 Å². The summed E-state index contributed by atoms with van der Waals surface area (Å²) in [5.74, 6) is 2.62. The maximum absolute atomic E-state index is 12.0. The minimum absolute atomic E-state index is 0.101. The summed E-state index contributed by atoms with van der Waals surface area (Å²) < 4.78 is 11.9. The average Bonchev–Trinajstić information content (AvgIpc) is 2.67. The standard InChI is InChI=1S/C21H22BrNO3S/c1-3-9-26-20-8-7-16(11-21(20)25-2)12-23-13-19(24)15-27-14-17-5-4-6-18(22)10-17/h3-8,10-12H,1,9,13-15H2,2H3. The number of nitrogens with zero attached hydrogens (tertiary/aromatic N) is 1. The molecule has 0 N–H and O–H groups in total. The molecule has 2 aromatic rings. The van der Waals surface area contributed by atoms with E-state index in [1.165, 1.54) is 5.56 Å². The highest BCUT2D eigenvalue weighted by Gasteiger charge is 2.05. The van der Waals surface area contributed by atoms with Crippen molar-refractivity contribution in [1.82, 2.24) is 0 Å². The Morgan fingerprint density at radius 3 is 2.85 bits per heavy atom. The molecule has 0 aromatic heterocycles. The van der Waals surface area contributed by atoms with Gasteiger partial charge in [-0.05, 0) is 41.5 Å². The van der Waals surface area contributed by atoms with Crippen molar-refractivity contribution in [1.29, 1.82) is 0 Å². The molecular formula is C21H22BrNO3S. The number of carbonyl (C=O) groups excluding carboxylic acids is 1. The minimum atomic E-state index is 0.101. The van der Waals surface area contributed by atoms with Gasteiger partial charge in [-0.2, -0.15) is 0 Å². The fraction of sp³-hybridized carbons (Fsp3) is 0.238. The molecule has 142 valence electrons. The second-order valence-corrected chi connectivity index (χ2v) is 7.54. The lowest BCUT2D eigenvalue weighted by molar-refractivity contribution is -0.115. The summed E-state index contributed by atoms with van der Waals surface area (Å²) in [5.41, 5.74) is 2.05. The molecule has 6 heteroatoms. The Morgan fingerprint density at radius 2 is 2.11 bits per heavy atom. The molecule has 2 aromatic carbocycles.